The van der Waals surface area contributed by atoms with Crippen LogP contribution in [0.25, 0.3) is 0 Å². The van der Waals surface area contributed by atoms with Crippen molar-refractivity contribution in [1.82, 2.24) is 0 Å². The van der Waals surface area contributed by atoms with Crippen molar-refractivity contribution in [3.8, 4) is 5.75 Å². The summed E-state index contributed by atoms with van der Waals surface area (Å²) < 4.78 is 20.2. The zero-order valence-corrected chi connectivity index (χ0v) is 13.7. The number of halogens is 2. The van der Waals surface area contributed by atoms with E-state index in [0.29, 0.717) is 12.0 Å². The Morgan fingerprint density at radius 3 is 2.57 bits per heavy atom. The quantitative estimate of drug-likeness (QED) is 0.861. The smallest absolute Gasteiger partial charge is 0.168 e. The summed E-state index contributed by atoms with van der Waals surface area (Å²) in [5, 5.41) is 10.9. The second kappa shape index (κ2) is 6.58. The zero-order valence-electron chi connectivity index (χ0n) is 12.1. The van der Waals surface area contributed by atoms with E-state index in [1.165, 1.54) is 7.11 Å². The molecule has 0 aliphatic carbocycles. The number of benzene rings is 2. The van der Waals surface area contributed by atoms with E-state index in [2.05, 4.69) is 15.9 Å². The van der Waals surface area contributed by atoms with Crippen LogP contribution < -0.4 is 4.74 Å². The topological polar surface area (TPSA) is 29.5 Å². The fraction of sp³-hybridized carbons (Fsp3) is 0.294. The number of aliphatic hydroxyl groups is 1. The van der Waals surface area contributed by atoms with Gasteiger partial charge >= 0.3 is 0 Å². The SMILES string of the molecule is CCC(O)(Cc1cccc(OC)c1F)c1cccc(Br)c1. The summed E-state index contributed by atoms with van der Waals surface area (Å²) in [4.78, 5) is 0. The first-order chi connectivity index (χ1) is 10.00. The van der Waals surface area contributed by atoms with Gasteiger partial charge in [0.2, 0.25) is 0 Å². The van der Waals surface area contributed by atoms with Crippen molar-refractivity contribution in [2.75, 3.05) is 7.11 Å². The molecule has 0 amide bonds. The molecule has 2 nitrogen and oxygen atoms in total. The van der Waals surface area contributed by atoms with Gasteiger partial charge in [0, 0.05) is 10.9 Å². The maximum Gasteiger partial charge on any atom is 0.168 e. The monoisotopic (exact) mass is 352 g/mol. The predicted molar refractivity (Wildman–Crippen MR) is 85.0 cm³/mol. The van der Waals surface area contributed by atoms with E-state index in [-0.39, 0.29) is 12.2 Å². The van der Waals surface area contributed by atoms with Gasteiger partial charge in [-0.05, 0) is 35.7 Å². The molecule has 0 radical (unpaired) electrons. The lowest BCUT2D eigenvalue weighted by atomic mass is 9.85. The summed E-state index contributed by atoms with van der Waals surface area (Å²) in [7, 11) is 1.43. The van der Waals surface area contributed by atoms with Crippen LogP contribution in [0, 0.1) is 5.82 Å². The number of hydrogen-bond acceptors (Lipinski definition) is 2. The summed E-state index contributed by atoms with van der Waals surface area (Å²) >= 11 is 3.40. The van der Waals surface area contributed by atoms with Crippen LogP contribution in [-0.2, 0) is 12.0 Å². The first kappa shape index (κ1) is 16.0. The lowest BCUT2D eigenvalue weighted by Gasteiger charge is -2.28. The van der Waals surface area contributed by atoms with Crippen molar-refractivity contribution in [2.24, 2.45) is 0 Å². The minimum absolute atomic E-state index is 0.195. The maximum atomic E-state index is 14.3. The molecular formula is C17H18BrFO2. The Bertz CT molecular complexity index is 630. The second-order valence-corrected chi connectivity index (χ2v) is 5.92. The number of rotatable bonds is 5. The third kappa shape index (κ3) is 3.44. The fourth-order valence-electron chi connectivity index (χ4n) is 2.37. The molecule has 1 atom stereocenters. The summed E-state index contributed by atoms with van der Waals surface area (Å²) in [6, 6.07) is 12.5. The summed E-state index contributed by atoms with van der Waals surface area (Å²) in [5.41, 5.74) is 0.0945. The third-order valence-electron chi connectivity index (χ3n) is 3.69. The molecule has 1 N–H and O–H groups in total. The van der Waals surface area contributed by atoms with E-state index < -0.39 is 11.4 Å². The molecule has 1 unspecified atom stereocenters. The molecule has 0 bridgehead atoms. The summed E-state index contributed by atoms with van der Waals surface area (Å²) in [6.45, 7) is 1.89. The van der Waals surface area contributed by atoms with E-state index in [9.17, 15) is 9.50 Å². The lowest BCUT2D eigenvalue weighted by molar-refractivity contribution is 0.0317. The van der Waals surface area contributed by atoms with E-state index in [0.717, 1.165) is 10.0 Å². The summed E-state index contributed by atoms with van der Waals surface area (Å²) in [5.74, 6) is -0.220. The molecule has 2 aromatic rings. The van der Waals surface area contributed by atoms with E-state index in [4.69, 9.17) is 4.74 Å². The van der Waals surface area contributed by atoms with Crippen LogP contribution >= 0.6 is 15.9 Å². The molecule has 2 rings (SSSR count). The van der Waals surface area contributed by atoms with E-state index in [1.54, 1.807) is 18.2 Å². The Morgan fingerprint density at radius 2 is 1.95 bits per heavy atom. The number of methoxy groups -OCH3 is 1. The van der Waals surface area contributed by atoms with Gasteiger partial charge in [-0.2, -0.15) is 0 Å². The van der Waals surface area contributed by atoms with Crippen molar-refractivity contribution in [1.29, 1.82) is 0 Å². The highest BCUT2D eigenvalue weighted by Gasteiger charge is 2.29. The molecular weight excluding hydrogens is 335 g/mol. The first-order valence-corrected chi connectivity index (χ1v) is 7.59. The van der Waals surface area contributed by atoms with Crippen molar-refractivity contribution in [2.45, 2.75) is 25.4 Å². The standard InChI is InChI=1S/C17H18BrFO2/c1-3-17(20,13-7-5-8-14(18)10-13)11-12-6-4-9-15(21-2)16(12)19/h4-10,20H,3,11H2,1-2H3. The third-order valence-corrected chi connectivity index (χ3v) is 4.19. The number of hydrogen-bond donors (Lipinski definition) is 1. The Balaban J connectivity index is 2.39. The zero-order chi connectivity index (χ0) is 15.5. The average molecular weight is 353 g/mol. The normalized spacial score (nSPS) is 13.8. The molecule has 21 heavy (non-hydrogen) atoms. The largest absolute Gasteiger partial charge is 0.494 e. The molecule has 0 saturated heterocycles. The van der Waals surface area contributed by atoms with E-state index >= 15 is 0 Å². The van der Waals surface area contributed by atoms with Crippen LogP contribution in [0.2, 0.25) is 0 Å². The van der Waals surface area contributed by atoms with E-state index in [1.807, 2.05) is 31.2 Å². The molecule has 0 saturated carbocycles. The molecule has 0 spiro atoms. The highest BCUT2D eigenvalue weighted by molar-refractivity contribution is 9.10. The van der Waals surface area contributed by atoms with Crippen LogP contribution in [0.4, 0.5) is 4.39 Å². The van der Waals surface area contributed by atoms with Crippen molar-refractivity contribution in [3.05, 3.63) is 63.9 Å². The highest BCUT2D eigenvalue weighted by atomic mass is 79.9. The van der Waals surface area contributed by atoms with Crippen molar-refractivity contribution in [3.63, 3.8) is 0 Å². The fourth-order valence-corrected chi connectivity index (χ4v) is 2.77. The van der Waals surface area contributed by atoms with Gasteiger partial charge in [-0.1, -0.05) is 47.1 Å². The van der Waals surface area contributed by atoms with Gasteiger partial charge < -0.3 is 9.84 Å². The molecule has 0 aromatic heterocycles. The molecule has 0 heterocycles. The van der Waals surface area contributed by atoms with Gasteiger partial charge in [-0.25, -0.2) is 4.39 Å². The molecule has 0 aliphatic rings. The minimum atomic E-state index is -1.11. The van der Waals surface area contributed by atoms with Crippen LogP contribution in [0.1, 0.15) is 24.5 Å². The second-order valence-electron chi connectivity index (χ2n) is 5.01. The van der Waals surface area contributed by atoms with Crippen LogP contribution in [-0.4, -0.2) is 12.2 Å². The lowest BCUT2D eigenvalue weighted by Crippen LogP contribution is -2.28. The molecule has 4 heteroatoms. The average Bonchev–Trinajstić information content (AvgIpc) is 2.49. The van der Waals surface area contributed by atoms with Crippen LogP contribution in [0.5, 0.6) is 5.75 Å². The highest BCUT2D eigenvalue weighted by Crippen LogP contribution is 2.33. The van der Waals surface area contributed by atoms with Gasteiger partial charge in [-0.3, -0.25) is 0 Å². The maximum absolute atomic E-state index is 14.3. The van der Waals surface area contributed by atoms with Crippen LogP contribution in [0.15, 0.2) is 46.9 Å². The van der Waals surface area contributed by atoms with Crippen molar-refractivity contribution < 1.29 is 14.2 Å². The predicted octanol–water partition coefficient (Wildman–Crippen LogP) is 4.44. The van der Waals surface area contributed by atoms with Gasteiger partial charge in [0.15, 0.2) is 11.6 Å². The molecule has 112 valence electrons. The Labute approximate surface area is 132 Å². The number of ether oxygens (including phenoxy) is 1. The van der Waals surface area contributed by atoms with Gasteiger partial charge in [0.1, 0.15) is 0 Å². The molecule has 2 aromatic carbocycles. The van der Waals surface area contributed by atoms with Gasteiger partial charge in [-0.15, -0.1) is 0 Å². The Morgan fingerprint density at radius 1 is 1.24 bits per heavy atom. The minimum Gasteiger partial charge on any atom is -0.494 e. The molecule has 0 fully saturated rings. The van der Waals surface area contributed by atoms with Crippen molar-refractivity contribution >= 4 is 15.9 Å². The Hall–Kier alpha value is -1.39. The summed E-state index contributed by atoms with van der Waals surface area (Å²) in [6.07, 6.45) is 0.684. The Kier molecular flexibility index (Phi) is 5.01. The van der Waals surface area contributed by atoms with Crippen LogP contribution in [0.3, 0.4) is 0 Å². The van der Waals surface area contributed by atoms with Gasteiger partial charge in [0.05, 0.1) is 12.7 Å². The molecule has 0 aliphatic heterocycles. The first-order valence-electron chi connectivity index (χ1n) is 6.80. The van der Waals surface area contributed by atoms with Gasteiger partial charge in [0.25, 0.3) is 0 Å².